The van der Waals surface area contributed by atoms with E-state index in [2.05, 4.69) is 5.16 Å². The quantitative estimate of drug-likeness (QED) is 0.304. The first-order chi connectivity index (χ1) is 11.2. The Bertz CT molecular complexity index is 797. The van der Waals surface area contributed by atoms with Gasteiger partial charge in [-0.15, -0.1) is 0 Å². The average Bonchev–Trinajstić information content (AvgIpc) is 2.49. The fourth-order valence-corrected chi connectivity index (χ4v) is 1.86. The van der Waals surface area contributed by atoms with Crippen molar-refractivity contribution in [2.45, 2.75) is 26.4 Å². The van der Waals surface area contributed by atoms with Gasteiger partial charge in [-0.3, -0.25) is 10.1 Å². The molecule has 0 radical (unpaired) electrons. The van der Waals surface area contributed by atoms with Gasteiger partial charge in [-0.25, -0.2) is 0 Å². The number of benzene rings is 1. The minimum absolute atomic E-state index is 0.00160. The molecule has 0 unspecified atom stereocenters. The van der Waals surface area contributed by atoms with Gasteiger partial charge in [-0.2, -0.15) is 4.73 Å². The first-order valence-corrected chi connectivity index (χ1v) is 7.11. The summed E-state index contributed by atoms with van der Waals surface area (Å²) in [6, 6.07) is 8.12. The van der Waals surface area contributed by atoms with E-state index >= 15 is 0 Å². The highest BCUT2D eigenvalue weighted by Gasteiger charge is 2.24. The predicted octanol–water partition coefficient (Wildman–Crippen LogP) is 2.50. The molecule has 0 aliphatic rings. The summed E-state index contributed by atoms with van der Waals surface area (Å²) in [5, 5.41) is 37.1. The van der Waals surface area contributed by atoms with Gasteiger partial charge in [0.1, 0.15) is 11.4 Å². The van der Waals surface area contributed by atoms with Crippen molar-refractivity contribution in [3.8, 4) is 5.75 Å². The normalized spacial score (nSPS) is 12.0. The van der Waals surface area contributed by atoms with Crippen LogP contribution in [0.25, 0.3) is 0 Å². The van der Waals surface area contributed by atoms with Crippen LogP contribution in [0.15, 0.2) is 47.8 Å². The highest BCUT2D eigenvalue weighted by molar-refractivity contribution is 6.12. The van der Waals surface area contributed by atoms with E-state index in [4.69, 9.17) is 4.84 Å². The van der Waals surface area contributed by atoms with E-state index in [0.29, 0.717) is 4.73 Å². The van der Waals surface area contributed by atoms with Gasteiger partial charge in [0.2, 0.25) is 5.69 Å². The largest absolute Gasteiger partial charge is 0.618 e. The summed E-state index contributed by atoms with van der Waals surface area (Å²) >= 11 is 0. The summed E-state index contributed by atoms with van der Waals surface area (Å²) in [6.45, 7) is 5.28. The SMILES string of the molecule is CC(C)(C)O/N=C(/c1cc([N+](=O)[O-])ccc1O)c1cccc[n+]1[O-]. The molecule has 126 valence electrons. The van der Waals surface area contributed by atoms with Gasteiger partial charge in [0.25, 0.3) is 5.69 Å². The molecule has 8 heteroatoms. The minimum Gasteiger partial charge on any atom is -0.618 e. The summed E-state index contributed by atoms with van der Waals surface area (Å²) in [5.41, 5.74) is -0.757. The van der Waals surface area contributed by atoms with Crippen LogP contribution in [0.4, 0.5) is 5.69 Å². The molecule has 0 aliphatic heterocycles. The predicted molar refractivity (Wildman–Crippen MR) is 86.6 cm³/mol. The maximum absolute atomic E-state index is 12.1. The van der Waals surface area contributed by atoms with Crippen LogP contribution >= 0.6 is 0 Å². The van der Waals surface area contributed by atoms with E-state index in [0.717, 1.165) is 12.1 Å². The van der Waals surface area contributed by atoms with Gasteiger partial charge in [-0.05, 0) is 32.9 Å². The number of nitro benzene ring substituents is 1. The van der Waals surface area contributed by atoms with Crippen molar-refractivity contribution >= 4 is 11.4 Å². The van der Waals surface area contributed by atoms with Crippen molar-refractivity contribution < 1.29 is 19.6 Å². The van der Waals surface area contributed by atoms with Crippen molar-refractivity contribution in [3.63, 3.8) is 0 Å². The number of phenolic OH excluding ortho intramolecular Hbond substituents is 1. The number of rotatable bonds is 4. The molecule has 2 rings (SSSR count). The lowest BCUT2D eigenvalue weighted by molar-refractivity contribution is -0.606. The molecule has 1 aromatic heterocycles. The van der Waals surface area contributed by atoms with Gasteiger partial charge in [0.05, 0.1) is 10.5 Å². The number of hydrogen-bond donors (Lipinski definition) is 1. The number of nitrogens with zero attached hydrogens (tertiary/aromatic N) is 3. The van der Waals surface area contributed by atoms with Crippen LogP contribution < -0.4 is 4.73 Å². The van der Waals surface area contributed by atoms with Crippen molar-refractivity contribution in [2.75, 3.05) is 0 Å². The fraction of sp³-hybridized carbons (Fsp3) is 0.250. The van der Waals surface area contributed by atoms with Crippen LogP contribution in [0, 0.1) is 15.3 Å². The van der Waals surface area contributed by atoms with Crippen molar-refractivity contribution in [1.82, 2.24) is 0 Å². The Morgan fingerprint density at radius 2 is 2.00 bits per heavy atom. The molecular weight excluding hydrogens is 314 g/mol. The van der Waals surface area contributed by atoms with E-state index in [9.17, 15) is 20.4 Å². The summed E-state index contributed by atoms with van der Waals surface area (Å²) in [5.74, 6) is -0.249. The summed E-state index contributed by atoms with van der Waals surface area (Å²) in [7, 11) is 0. The van der Waals surface area contributed by atoms with Crippen LogP contribution in [0.2, 0.25) is 0 Å². The van der Waals surface area contributed by atoms with Gasteiger partial charge < -0.3 is 15.2 Å². The van der Waals surface area contributed by atoms with Gasteiger partial charge in [0, 0.05) is 24.3 Å². The molecule has 0 fully saturated rings. The molecule has 0 aliphatic carbocycles. The third-order valence-corrected chi connectivity index (χ3v) is 2.92. The first kappa shape index (κ1) is 17.2. The molecule has 0 saturated heterocycles. The number of aromatic hydroxyl groups is 1. The van der Waals surface area contributed by atoms with Crippen LogP contribution in [-0.2, 0) is 4.84 Å². The number of aromatic nitrogens is 1. The Morgan fingerprint density at radius 1 is 1.29 bits per heavy atom. The third-order valence-electron chi connectivity index (χ3n) is 2.92. The minimum atomic E-state index is -0.649. The monoisotopic (exact) mass is 331 g/mol. The Morgan fingerprint density at radius 3 is 2.58 bits per heavy atom. The standard InChI is InChI=1S/C16H17N3O5/c1-16(2,3)24-17-15(13-6-4-5-9-18(13)21)12-10-11(19(22)23)7-8-14(12)20/h4-10,20H,1-3H3/b17-15-. The Hall–Kier alpha value is -3.16. The number of phenols is 1. The number of nitro groups is 1. The van der Waals surface area contributed by atoms with Crippen LogP contribution in [-0.4, -0.2) is 21.3 Å². The number of pyridine rings is 1. The highest BCUT2D eigenvalue weighted by Crippen LogP contribution is 2.26. The zero-order chi connectivity index (χ0) is 17.9. The molecule has 1 N–H and O–H groups in total. The van der Waals surface area contributed by atoms with Crippen LogP contribution in [0.3, 0.4) is 0 Å². The zero-order valence-electron chi connectivity index (χ0n) is 13.5. The highest BCUT2D eigenvalue weighted by atomic mass is 16.6. The molecule has 2 aromatic rings. The van der Waals surface area contributed by atoms with Gasteiger partial charge in [0.15, 0.2) is 11.9 Å². The number of non-ortho nitro benzene ring substituents is 1. The molecule has 0 bridgehead atoms. The molecule has 24 heavy (non-hydrogen) atoms. The second-order valence-electron chi connectivity index (χ2n) is 6.01. The fourth-order valence-electron chi connectivity index (χ4n) is 1.86. The van der Waals surface area contributed by atoms with E-state index < -0.39 is 10.5 Å². The molecular formula is C16H17N3O5. The van der Waals surface area contributed by atoms with Crippen LogP contribution in [0.5, 0.6) is 5.75 Å². The van der Waals surface area contributed by atoms with Crippen molar-refractivity contribution in [2.24, 2.45) is 5.16 Å². The number of hydrogen-bond acceptors (Lipinski definition) is 6. The Labute approximate surface area is 138 Å². The van der Waals surface area contributed by atoms with Crippen molar-refractivity contribution in [3.05, 3.63) is 69.2 Å². The lowest BCUT2D eigenvalue weighted by atomic mass is 10.0. The molecule has 0 saturated carbocycles. The average molecular weight is 331 g/mol. The zero-order valence-corrected chi connectivity index (χ0v) is 13.5. The molecule has 0 spiro atoms. The lowest BCUT2D eigenvalue weighted by Gasteiger charge is -2.17. The lowest BCUT2D eigenvalue weighted by Crippen LogP contribution is -2.34. The van der Waals surface area contributed by atoms with Gasteiger partial charge in [-0.1, -0.05) is 5.16 Å². The summed E-state index contributed by atoms with van der Waals surface area (Å²) < 4.78 is 0.545. The molecule has 0 atom stereocenters. The molecule has 8 nitrogen and oxygen atoms in total. The van der Waals surface area contributed by atoms with Crippen molar-refractivity contribution in [1.29, 1.82) is 0 Å². The summed E-state index contributed by atoms with van der Waals surface area (Å²) in [4.78, 5) is 15.8. The molecule has 1 heterocycles. The van der Waals surface area contributed by atoms with E-state index in [1.165, 1.54) is 24.4 Å². The maximum Gasteiger partial charge on any atom is 0.270 e. The third kappa shape index (κ3) is 3.97. The van der Waals surface area contributed by atoms with Gasteiger partial charge >= 0.3 is 0 Å². The summed E-state index contributed by atoms with van der Waals surface area (Å²) in [6.07, 6.45) is 1.26. The second-order valence-corrected chi connectivity index (χ2v) is 6.01. The number of oxime groups is 1. The molecule has 1 aromatic carbocycles. The van der Waals surface area contributed by atoms with E-state index in [1.807, 2.05) is 0 Å². The maximum atomic E-state index is 12.1. The molecule has 0 amide bonds. The first-order valence-electron chi connectivity index (χ1n) is 7.11. The van der Waals surface area contributed by atoms with E-state index in [-0.39, 0.29) is 28.4 Å². The topological polar surface area (TPSA) is 112 Å². The Kier molecular flexibility index (Phi) is 4.68. The van der Waals surface area contributed by atoms with Crippen LogP contribution in [0.1, 0.15) is 32.0 Å². The smallest absolute Gasteiger partial charge is 0.270 e. The second kappa shape index (κ2) is 6.53. The Balaban J connectivity index is 2.65. The van der Waals surface area contributed by atoms with E-state index in [1.54, 1.807) is 26.8 Å².